The molecule has 18 heavy (non-hydrogen) atoms. The van der Waals surface area contributed by atoms with Gasteiger partial charge in [-0.2, -0.15) is 0 Å². The van der Waals surface area contributed by atoms with Crippen LogP contribution in [0.4, 0.5) is 0 Å². The van der Waals surface area contributed by atoms with Gasteiger partial charge in [-0.15, -0.1) is 11.8 Å². The van der Waals surface area contributed by atoms with Crippen LogP contribution >= 0.6 is 11.8 Å². The molecule has 1 aliphatic heterocycles. The summed E-state index contributed by atoms with van der Waals surface area (Å²) < 4.78 is 0. The van der Waals surface area contributed by atoms with Crippen LogP contribution in [-0.4, -0.2) is 40.2 Å². The third-order valence-electron chi connectivity index (χ3n) is 3.21. The summed E-state index contributed by atoms with van der Waals surface area (Å²) in [6.07, 6.45) is 0.677. The van der Waals surface area contributed by atoms with Crippen LogP contribution in [0.15, 0.2) is 29.2 Å². The summed E-state index contributed by atoms with van der Waals surface area (Å²) in [4.78, 5) is 25.5. The molecule has 1 heterocycles. The van der Waals surface area contributed by atoms with E-state index in [1.807, 2.05) is 24.3 Å². The van der Waals surface area contributed by atoms with Gasteiger partial charge < -0.3 is 10.0 Å². The van der Waals surface area contributed by atoms with Gasteiger partial charge in [-0.05, 0) is 25.0 Å². The normalized spacial score (nSPS) is 19.1. The van der Waals surface area contributed by atoms with E-state index >= 15 is 0 Å². The lowest BCUT2D eigenvalue weighted by Crippen LogP contribution is -2.44. The number of thioether (sulfide) groups is 1. The second-order valence-corrected chi connectivity index (χ2v) is 5.63. The molecule has 0 aromatic heterocycles. The van der Waals surface area contributed by atoms with E-state index in [0.717, 1.165) is 10.5 Å². The maximum absolute atomic E-state index is 12.2. The Labute approximate surface area is 110 Å². The minimum Gasteiger partial charge on any atom is -0.480 e. The van der Waals surface area contributed by atoms with E-state index in [1.165, 1.54) is 23.6 Å². The third kappa shape index (κ3) is 2.36. The van der Waals surface area contributed by atoms with E-state index in [2.05, 4.69) is 0 Å². The quantitative estimate of drug-likeness (QED) is 0.902. The van der Waals surface area contributed by atoms with Crippen LogP contribution < -0.4 is 0 Å². The second-order valence-electron chi connectivity index (χ2n) is 4.38. The highest BCUT2D eigenvalue weighted by Gasteiger charge is 2.33. The summed E-state index contributed by atoms with van der Waals surface area (Å²) in [5.41, 5.74) is 1.16. The van der Waals surface area contributed by atoms with Crippen LogP contribution in [-0.2, 0) is 16.0 Å². The summed E-state index contributed by atoms with van der Waals surface area (Å²) in [6, 6.07) is 7.12. The first-order chi connectivity index (χ1) is 8.50. The smallest absolute Gasteiger partial charge is 0.326 e. The van der Waals surface area contributed by atoms with Gasteiger partial charge in [-0.3, -0.25) is 4.79 Å². The van der Waals surface area contributed by atoms with Gasteiger partial charge in [0.2, 0.25) is 5.91 Å². The number of aliphatic carboxylic acids is 1. The van der Waals surface area contributed by atoms with E-state index in [1.54, 1.807) is 7.05 Å². The highest BCUT2D eigenvalue weighted by atomic mass is 32.2. The van der Waals surface area contributed by atoms with Crippen molar-refractivity contribution >= 4 is 23.6 Å². The Morgan fingerprint density at radius 2 is 2.11 bits per heavy atom. The summed E-state index contributed by atoms with van der Waals surface area (Å²) >= 11 is 1.52. The number of carbonyl (C=O) groups excluding carboxylic acids is 1. The molecule has 2 atom stereocenters. The van der Waals surface area contributed by atoms with Crippen molar-refractivity contribution in [3.8, 4) is 0 Å². The van der Waals surface area contributed by atoms with Gasteiger partial charge in [0.1, 0.15) is 6.04 Å². The van der Waals surface area contributed by atoms with Crippen molar-refractivity contribution in [3.05, 3.63) is 29.8 Å². The Hall–Kier alpha value is -1.49. The number of hydrogen-bond acceptors (Lipinski definition) is 3. The first kappa shape index (κ1) is 13.0. The van der Waals surface area contributed by atoms with Gasteiger partial charge in [0.25, 0.3) is 0 Å². The van der Waals surface area contributed by atoms with Crippen LogP contribution in [0.5, 0.6) is 0 Å². The Balaban J connectivity index is 2.07. The van der Waals surface area contributed by atoms with Crippen LogP contribution in [0, 0.1) is 0 Å². The van der Waals surface area contributed by atoms with E-state index in [9.17, 15) is 9.59 Å². The molecule has 0 saturated carbocycles. The largest absolute Gasteiger partial charge is 0.480 e. The van der Waals surface area contributed by atoms with Gasteiger partial charge >= 0.3 is 5.97 Å². The number of hydrogen-bond donors (Lipinski definition) is 1. The first-order valence-electron chi connectivity index (χ1n) is 5.74. The minimum absolute atomic E-state index is 0.119. The molecule has 0 radical (unpaired) electrons. The number of likely N-dealkylation sites (N-methyl/N-ethyl adjacent to an activating group) is 1. The first-order valence-corrected chi connectivity index (χ1v) is 6.62. The number of benzene rings is 1. The number of fused-ring (bicyclic) bond motifs is 1. The molecular formula is C13H15NO3S. The zero-order valence-corrected chi connectivity index (χ0v) is 11.1. The summed E-state index contributed by atoms with van der Waals surface area (Å²) in [7, 11) is 1.55. The number of nitrogens with zero attached hydrogens (tertiary/aromatic N) is 1. The van der Waals surface area contributed by atoms with Crippen LogP contribution in [0.3, 0.4) is 0 Å². The SMILES string of the molecule is CC(C(=O)O)N(C)C(=O)C1Cc2ccccc2S1. The number of carboxylic acid groups (broad SMARTS) is 1. The van der Waals surface area contributed by atoms with Gasteiger partial charge in [-0.1, -0.05) is 18.2 Å². The van der Waals surface area contributed by atoms with Crippen molar-refractivity contribution in [2.45, 2.75) is 29.5 Å². The molecule has 0 spiro atoms. The molecule has 2 rings (SSSR count). The number of carbonyl (C=O) groups is 2. The fourth-order valence-corrected chi connectivity index (χ4v) is 3.20. The molecule has 0 fully saturated rings. The monoisotopic (exact) mass is 265 g/mol. The van der Waals surface area contributed by atoms with Gasteiger partial charge in [0.15, 0.2) is 0 Å². The van der Waals surface area contributed by atoms with Crippen molar-refractivity contribution in [2.24, 2.45) is 0 Å². The molecule has 2 unspecified atom stereocenters. The molecule has 1 aliphatic rings. The van der Waals surface area contributed by atoms with Crippen molar-refractivity contribution in [1.82, 2.24) is 4.90 Å². The maximum atomic E-state index is 12.2. The molecule has 0 saturated heterocycles. The molecule has 1 aromatic rings. The van der Waals surface area contributed by atoms with E-state index in [4.69, 9.17) is 5.11 Å². The highest BCUT2D eigenvalue weighted by molar-refractivity contribution is 8.01. The topological polar surface area (TPSA) is 57.6 Å². The van der Waals surface area contributed by atoms with Crippen molar-refractivity contribution in [3.63, 3.8) is 0 Å². The van der Waals surface area contributed by atoms with Crippen LogP contribution in [0.1, 0.15) is 12.5 Å². The number of rotatable bonds is 3. The summed E-state index contributed by atoms with van der Waals surface area (Å²) in [6.45, 7) is 1.52. The number of carboxylic acids is 1. The van der Waals surface area contributed by atoms with Gasteiger partial charge in [0, 0.05) is 11.9 Å². The second kappa shape index (κ2) is 5.02. The van der Waals surface area contributed by atoms with Crippen molar-refractivity contribution in [1.29, 1.82) is 0 Å². The number of amides is 1. The fraction of sp³-hybridized carbons (Fsp3) is 0.385. The van der Waals surface area contributed by atoms with E-state index in [-0.39, 0.29) is 11.2 Å². The Bertz CT molecular complexity index is 464. The molecule has 1 aromatic carbocycles. The minimum atomic E-state index is -0.980. The fourth-order valence-electron chi connectivity index (χ4n) is 1.90. The third-order valence-corrected chi connectivity index (χ3v) is 4.51. The standard InChI is InChI=1S/C13H15NO3S/c1-8(13(16)17)14(2)12(15)11-7-9-5-3-4-6-10(9)18-11/h3-6,8,11H,7H2,1-2H3,(H,16,17). The van der Waals surface area contributed by atoms with Crippen LogP contribution in [0.2, 0.25) is 0 Å². The molecular weight excluding hydrogens is 250 g/mol. The highest BCUT2D eigenvalue weighted by Crippen LogP contribution is 2.37. The molecule has 1 amide bonds. The molecule has 1 N–H and O–H groups in total. The predicted octanol–water partition coefficient (Wildman–Crippen LogP) is 1.63. The maximum Gasteiger partial charge on any atom is 0.326 e. The lowest BCUT2D eigenvalue weighted by molar-refractivity contribution is -0.148. The van der Waals surface area contributed by atoms with Crippen molar-refractivity contribution < 1.29 is 14.7 Å². The molecule has 0 aliphatic carbocycles. The Morgan fingerprint density at radius 1 is 1.44 bits per heavy atom. The lowest BCUT2D eigenvalue weighted by Gasteiger charge is -2.24. The Morgan fingerprint density at radius 3 is 2.72 bits per heavy atom. The summed E-state index contributed by atoms with van der Waals surface area (Å²) in [5, 5.41) is 8.72. The molecule has 4 nitrogen and oxygen atoms in total. The predicted molar refractivity (Wildman–Crippen MR) is 69.7 cm³/mol. The molecule has 5 heteroatoms. The lowest BCUT2D eigenvalue weighted by atomic mass is 10.1. The zero-order chi connectivity index (χ0) is 13.3. The average Bonchev–Trinajstić information content (AvgIpc) is 2.79. The van der Waals surface area contributed by atoms with E-state index in [0.29, 0.717) is 6.42 Å². The van der Waals surface area contributed by atoms with E-state index < -0.39 is 12.0 Å². The zero-order valence-electron chi connectivity index (χ0n) is 10.3. The molecule has 0 bridgehead atoms. The van der Waals surface area contributed by atoms with Gasteiger partial charge in [-0.25, -0.2) is 4.79 Å². The van der Waals surface area contributed by atoms with Gasteiger partial charge in [0.05, 0.1) is 5.25 Å². The average molecular weight is 265 g/mol. The Kier molecular flexibility index (Phi) is 3.61. The molecule has 96 valence electrons. The summed E-state index contributed by atoms with van der Waals surface area (Å²) in [5.74, 6) is -1.10. The van der Waals surface area contributed by atoms with Crippen molar-refractivity contribution in [2.75, 3.05) is 7.05 Å². The van der Waals surface area contributed by atoms with Crippen LogP contribution in [0.25, 0.3) is 0 Å².